The van der Waals surface area contributed by atoms with Gasteiger partial charge < -0.3 is 25.0 Å². The summed E-state index contributed by atoms with van der Waals surface area (Å²) in [6.07, 6.45) is 6.26. The third kappa shape index (κ3) is 9.82. The number of rotatable bonds is 8. The van der Waals surface area contributed by atoms with Gasteiger partial charge >= 0.3 is 16.3 Å². The maximum Gasteiger partial charge on any atom is 0.408 e. The molecule has 2 aliphatic heterocycles. The first-order valence-corrected chi connectivity index (χ1v) is 19.8. The molecule has 1 saturated carbocycles. The van der Waals surface area contributed by atoms with E-state index in [1.807, 2.05) is 36.4 Å². The molecule has 4 amide bonds. The first-order chi connectivity index (χ1) is 24.9. The van der Waals surface area contributed by atoms with Gasteiger partial charge in [-0.2, -0.15) is 12.7 Å². The highest BCUT2D eigenvalue weighted by atomic mass is 32.2. The van der Waals surface area contributed by atoms with Crippen LogP contribution < -0.4 is 20.1 Å². The number of benzene rings is 1. The first-order valence-electron chi connectivity index (χ1n) is 18.3. The van der Waals surface area contributed by atoms with Crippen molar-refractivity contribution in [3.05, 3.63) is 42.1 Å². The Labute approximate surface area is 311 Å². The summed E-state index contributed by atoms with van der Waals surface area (Å²) in [6.45, 7) is 9.28. The molecule has 290 valence electrons. The summed E-state index contributed by atoms with van der Waals surface area (Å²) in [5, 5.41) is 5.59. The molecular weight excluding hydrogens is 703 g/mol. The van der Waals surface area contributed by atoms with Crippen LogP contribution in [-0.2, 0) is 35.8 Å². The molecule has 3 aliphatic rings. The summed E-state index contributed by atoms with van der Waals surface area (Å²) in [5.74, 6) is -1.92. The minimum absolute atomic E-state index is 0.0173. The highest BCUT2D eigenvalue weighted by molar-refractivity contribution is 7.87. The van der Waals surface area contributed by atoms with E-state index in [4.69, 9.17) is 19.4 Å². The average Bonchev–Trinajstić information content (AvgIpc) is 3.59. The largest absolute Gasteiger partial charge is 0.471 e. The van der Waals surface area contributed by atoms with Crippen molar-refractivity contribution in [1.82, 2.24) is 34.5 Å². The summed E-state index contributed by atoms with van der Waals surface area (Å²) in [5.41, 5.74) is -0.362. The Bertz CT molecular complexity index is 1840. The lowest BCUT2D eigenvalue weighted by atomic mass is 10.0. The Balaban J connectivity index is 1.50. The molecule has 2 aromatic rings. The van der Waals surface area contributed by atoms with E-state index < -0.39 is 69.3 Å². The van der Waals surface area contributed by atoms with Crippen molar-refractivity contribution in [2.45, 2.75) is 115 Å². The molecule has 0 bridgehead atoms. The molecule has 5 rings (SSSR count). The lowest BCUT2D eigenvalue weighted by Gasteiger charge is -2.30. The predicted octanol–water partition coefficient (Wildman–Crippen LogP) is 3.39. The number of nitrogens with one attached hydrogen (secondary N) is 3. The Hall–Kier alpha value is -4.31. The van der Waals surface area contributed by atoms with Gasteiger partial charge in [-0.25, -0.2) is 19.5 Å². The molecule has 1 aromatic heterocycles. The van der Waals surface area contributed by atoms with Crippen LogP contribution in [0.4, 0.5) is 4.79 Å². The Morgan fingerprint density at radius 1 is 1.09 bits per heavy atom. The van der Waals surface area contributed by atoms with E-state index in [-0.39, 0.29) is 25.3 Å². The number of nitrogens with zero attached hydrogens (tertiary/aromatic N) is 4. The number of carbonyl (C=O) groups excluding carboxylic acids is 4. The molecule has 16 heteroatoms. The quantitative estimate of drug-likeness (QED) is 0.337. The van der Waals surface area contributed by atoms with Crippen molar-refractivity contribution < 1.29 is 37.1 Å². The fourth-order valence-corrected chi connectivity index (χ4v) is 7.31. The smallest absolute Gasteiger partial charge is 0.408 e. The van der Waals surface area contributed by atoms with Crippen LogP contribution in [0.15, 0.2) is 36.4 Å². The third-order valence-corrected chi connectivity index (χ3v) is 10.9. The molecule has 3 N–H and O–H groups in total. The maximum atomic E-state index is 14.5. The van der Waals surface area contributed by atoms with E-state index in [0.717, 1.165) is 17.1 Å². The molecule has 3 heterocycles. The van der Waals surface area contributed by atoms with Crippen LogP contribution in [0.3, 0.4) is 0 Å². The van der Waals surface area contributed by atoms with Crippen molar-refractivity contribution in [3.8, 4) is 5.88 Å². The minimum atomic E-state index is -4.16. The highest BCUT2D eigenvalue weighted by Crippen LogP contribution is 2.46. The van der Waals surface area contributed by atoms with Crippen molar-refractivity contribution in [2.75, 3.05) is 20.6 Å². The number of alkyl carbamates (subject to hydrolysis) is 1. The molecule has 2 fully saturated rings. The third-order valence-electron chi connectivity index (χ3n) is 9.52. The minimum Gasteiger partial charge on any atom is -0.471 e. The summed E-state index contributed by atoms with van der Waals surface area (Å²) >= 11 is 0. The van der Waals surface area contributed by atoms with Gasteiger partial charge in [0.2, 0.25) is 17.7 Å². The van der Waals surface area contributed by atoms with Gasteiger partial charge in [0.15, 0.2) is 0 Å². The van der Waals surface area contributed by atoms with E-state index in [1.54, 1.807) is 20.8 Å². The van der Waals surface area contributed by atoms with E-state index in [9.17, 15) is 27.6 Å². The fraction of sp³-hybridized carbons (Fsp3) is 0.622. The van der Waals surface area contributed by atoms with Crippen molar-refractivity contribution in [1.29, 1.82) is 0 Å². The second-order valence-electron chi connectivity index (χ2n) is 15.8. The first kappa shape index (κ1) is 39.9. The number of hydrogen-bond donors (Lipinski definition) is 3. The van der Waals surface area contributed by atoms with Gasteiger partial charge in [0.1, 0.15) is 35.0 Å². The number of ether oxygens (including phenoxy) is 2. The Kier molecular flexibility index (Phi) is 12.0. The predicted molar refractivity (Wildman–Crippen MR) is 198 cm³/mol. The zero-order chi connectivity index (χ0) is 38.7. The fourth-order valence-electron chi connectivity index (χ4n) is 6.71. The summed E-state index contributed by atoms with van der Waals surface area (Å²) in [7, 11) is -1.57. The number of para-hydroxylation sites is 2. The lowest BCUT2D eigenvalue weighted by Crippen LogP contribution is -2.58. The highest BCUT2D eigenvalue weighted by Gasteiger charge is 2.61. The van der Waals surface area contributed by atoms with Gasteiger partial charge in [-0.15, -0.1) is 0 Å². The van der Waals surface area contributed by atoms with Gasteiger partial charge in [0.25, 0.3) is 5.91 Å². The molecule has 1 saturated heterocycles. The topological polar surface area (TPSA) is 189 Å². The number of carbonyl (C=O) groups is 4. The molecule has 0 spiro atoms. The van der Waals surface area contributed by atoms with Gasteiger partial charge in [-0.3, -0.25) is 14.4 Å². The SMILES string of the molecule is CC(C)Cc1nc2ccccc2nc1O[C@@H]1C[C@H]2C(=O)N[C@]3(C(=O)NS(=O)(=O)N(C)C)C[C@H]3/C=C\CCCCC[C@H](NC(=O)OC(C)(C)C)C(=O)N2C1. The summed E-state index contributed by atoms with van der Waals surface area (Å²) in [6, 6.07) is 5.31. The van der Waals surface area contributed by atoms with Crippen LogP contribution in [0.5, 0.6) is 5.88 Å². The number of allylic oxidation sites excluding steroid dienone is 1. The number of hydrogen-bond acceptors (Lipinski definition) is 10. The standard InChI is InChI=1S/C37H53N7O8S/c1-23(2)19-29-32(39-27-17-14-13-16-26(27)38-29)51-25-20-30-31(45)41-37(34(47)42-53(49,50)43(6)7)21-24(37)15-11-9-8-10-12-18-28(33(46)44(30)22-25)40-35(48)52-36(3,4)5/h11,13-17,23-25,28,30H,8-10,12,18-22H2,1-7H3,(H,40,48)(H,41,45)(H,42,47)/b15-11-/t24-,25-,28+,30+,37-/m1/s1. The van der Waals surface area contributed by atoms with Crippen LogP contribution in [0.2, 0.25) is 0 Å². The molecule has 53 heavy (non-hydrogen) atoms. The van der Waals surface area contributed by atoms with Crippen LogP contribution in [0, 0.1) is 11.8 Å². The van der Waals surface area contributed by atoms with Crippen molar-refractivity contribution in [3.63, 3.8) is 0 Å². The Morgan fingerprint density at radius 2 is 1.79 bits per heavy atom. The van der Waals surface area contributed by atoms with Crippen LogP contribution >= 0.6 is 0 Å². The maximum absolute atomic E-state index is 14.5. The monoisotopic (exact) mass is 755 g/mol. The second kappa shape index (κ2) is 16.0. The van der Waals surface area contributed by atoms with Gasteiger partial charge in [0, 0.05) is 26.4 Å². The van der Waals surface area contributed by atoms with Crippen molar-refractivity contribution in [2.24, 2.45) is 11.8 Å². The van der Waals surface area contributed by atoms with E-state index >= 15 is 0 Å². The molecule has 5 atom stereocenters. The summed E-state index contributed by atoms with van der Waals surface area (Å²) < 4.78 is 40.4. The van der Waals surface area contributed by atoms with Gasteiger partial charge in [-0.05, 0) is 70.9 Å². The molecular formula is C37H53N7O8S. The second-order valence-corrected chi connectivity index (χ2v) is 17.7. The average molecular weight is 756 g/mol. The molecule has 0 radical (unpaired) electrons. The van der Waals surface area contributed by atoms with Gasteiger partial charge in [-0.1, -0.05) is 51.0 Å². The number of amides is 4. The zero-order valence-corrected chi connectivity index (χ0v) is 32.5. The molecule has 0 unspecified atom stereocenters. The Morgan fingerprint density at radius 3 is 2.45 bits per heavy atom. The van der Waals surface area contributed by atoms with E-state index in [1.165, 1.54) is 19.0 Å². The van der Waals surface area contributed by atoms with Crippen LogP contribution in [0.1, 0.15) is 85.3 Å². The number of aromatic nitrogens is 2. The van der Waals surface area contributed by atoms with E-state index in [0.29, 0.717) is 48.3 Å². The van der Waals surface area contributed by atoms with Gasteiger partial charge in [0.05, 0.1) is 17.6 Å². The van der Waals surface area contributed by atoms with Crippen LogP contribution in [0.25, 0.3) is 11.0 Å². The van der Waals surface area contributed by atoms with Crippen LogP contribution in [-0.4, -0.2) is 101 Å². The normalized spacial score (nSPS) is 26.2. The van der Waals surface area contributed by atoms with Crippen molar-refractivity contribution >= 4 is 45.1 Å². The lowest BCUT2D eigenvalue weighted by molar-refractivity contribution is -0.141. The summed E-state index contributed by atoms with van der Waals surface area (Å²) in [4.78, 5) is 66.5. The molecule has 15 nitrogen and oxygen atoms in total. The van der Waals surface area contributed by atoms with E-state index in [2.05, 4.69) is 29.2 Å². The molecule has 1 aliphatic carbocycles. The number of fused-ring (bicyclic) bond motifs is 3. The molecule has 1 aromatic carbocycles. The zero-order valence-electron chi connectivity index (χ0n) is 31.7.